The Bertz CT molecular complexity index is 477. The molecule has 0 aromatic heterocycles. The number of thioether (sulfide) groups is 1. The number of urea groups is 1. The predicted octanol–water partition coefficient (Wildman–Crippen LogP) is 1.91. The number of hydrogen-bond donors (Lipinski definition) is 4. The lowest BCUT2D eigenvalue weighted by molar-refractivity contribution is -0.137. The van der Waals surface area contributed by atoms with Gasteiger partial charge in [0.25, 0.3) is 0 Å². The zero-order valence-corrected chi connectivity index (χ0v) is 14.8. The number of rotatable bonds is 5. The molecule has 3 aliphatic rings. The quantitative estimate of drug-likeness (QED) is 0.344. The van der Waals surface area contributed by atoms with Gasteiger partial charge in [-0.25, -0.2) is 4.79 Å². The third kappa shape index (κ3) is 6.52. The molecule has 0 aliphatic carbocycles. The van der Waals surface area contributed by atoms with E-state index < -0.39 is 5.97 Å². The normalized spacial score (nSPS) is 27.7. The second-order valence-electron chi connectivity index (χ2n) is 6.30. The molecule has 24 heavy (non-hydrogen) atoms. The van der Waals surface area contributed by atoms with Crippen LogP contribution in [0.3, 0.4) is 0 Å². The van der Waals surface area contributed by atoms with Gasteiger partial charge >= 0.3 is 12.0 Å². The van der Waals surface area contributed by atoms with Crippen LogP contribution in [0.25, 0.3) is 0 Å². The van der Waals surface area contributed by atoms with Gasteiger partial charge in [0, 0.05) is 36.4 Å². The number of fused-ring (bicyclic) bond motifs is 1. The first-order valence-corrected chi connectivity index (χ1v) is 9.83. The third-order valence-corrected chi connectivity index (χ3v) is 5.86. The maximum absolute atomic E-state index is 11.1. The molecule has 3 heterocycles. The first-order valence-electron chi connectivity index (χ1n) is 8.78. The number of nitrogens with one attached hydrogen (secondary N) is 3. The maximum Gasteiger partial charge on any atom is 0.315 e. The van der Waals surface area contributed by atoms with E-state index in [1.807, 2.05) is 11.8 Å². The Labute approximate surface area is 147 Å². The van der Waals surface area contributed by atoms with Gasteiger partial charge in [0.05, 0.1) is 12.1 Å². The van der Waals surface area contributed by atoms with Crippen molar-refractivity contribution in [2.75, 3.05) is 12.3 Å². The molecule has 3 aliphatic heterocycles. The van der Waals surface area contributed by atoms with Crippen LogP contribution < -0.4 is 16.0 Å². The van der Waals surface area contributed by atoms with Crippen LogP contribution in [0.2, 0.25) is 0 Å². The largest absolute Gasteiger partial charge is 0.481 e. The molecule has 2 fully saturated rings. The molecule has 134 valence electrons. The lowest BCUT2D eigenvalue weighted by Gasteiger charge is -2.16. The van der Waals surface area contributed by atoms with E-state index in [4.69, 9.17) is 5.11 Å². The molecule has 0 saturated carbocycles. The number of unbranched alkanes of at least 4 members (excludes halogenated alkanes) is 1. The van der Waals surface area contributed by atoms with Crippen molar-refractivity contribution >= 4 is 23.8 Å². The van der Waals surface area contributed by atoms with Gasteiger partial charge in [-0.1, -0.05) is 18.8 Å². The molecule has 7 heteroatoms. The van der Waals surface area contributed by atoms with Gasteiger partial charge in [0.1, 0.15) is 0 Å². The topological polar surface area (TPSA) is 90.5 Å². The predicted molar refractivity (Wildman–Crippen MR) is 95.8 cm³/mol. The number of carbonyl (C=O) groups is 2. The van der Waals surface area contributed by atoms with Crippen LogP contribution in [0.4, 0.5) is 4.79 Å². The van der Waals surface area contributed by atoms with Crippen LogP contribution in [-0.2, 0) is 4.79 Å². The van der Waals surface area contributed by atoms with Crippen molar-refractivity contribution in [1.82, 2.24) is 16.0 Å². The maximum atomic E-state index is 11.1. The summed E-state index contributed by atoms with van der Waals surface area (Å²) < 4.78 is 0. The highest BCUT2D eigenvalue weighted by molar-refractivity contribution is 8.00. The molecular formula is C17H27N3O3S. The molecule has 0 unspecified atom stereocenters. The minimum atomic E-state index is -0.729. The summed E-state index contributed by atoms with van der Waals surface area (Å²) >= 11 is 1.87. The average molecular weight is 353 g/mol. The minimum Gasteiger partial charge on any atom is -0.481 e. The summed E-state index contributed by atoms with van der Waals surface area (Å²) in [6.45, 7) is 1.08. The Kier molecular flexibility index (Phi) is 8.10. The number of carboxylic acid groups (broad SMARTS) is 1. The van der Waals surface area contributed by atoms with E-state index in [1.54, 1.807) is 0 Å². The fraction of sp³-hybridized carbons (Fsp3) is 0.765. The summed E-state index contributed by atoms with van der Waals surface area (Å²) in [6.07, 6.45) is 7.86. The molecule has 3 atom stereocenters. The number of aliphatic carboxylic acids is 1. The van der Waals surface area contributed by atoms with Crippen molar-refractivity contribution < 1.29 is 14.7 Å². The molecule has 3 rings (SSSR count). The standard InChI is InChI=1S/C10H16N2O3S.C7H11N/c13-8(14)4-2-1-3-7-9-6(5-16-7)11-10(15)12-9;1-2-4-6-8-7-5-3-1/h6-7,9H,1-5H2,(H,13,14)(H2,11,12,15);8H,1-4,6H2/t6-,7-,9-;/m0./s1. The van der Waals surface area contributed by atoms with Crippen molar-refractivity contribution in [1.29, 1.82) is 0 Å². The van der Waals surface area contributed by atoms with Gasteiger partial charge in [-0.15, -0.1) is 0 Å². The summed E-state index contributed by atoms with van der Waals surface area (Å²) in [6, 6.07) is 3.33. The van der Waals surface area contributed by atoms with Crippen LogP contribution >= 0.6 is 11.8 Å². The number of carboxylic acids is 1. The van der Waals surface area contributed by atoms with Gasteiger partial charge in [0.15, 0.2) is 0 Å². The van der Waals surface area contributed by atoms with Crippen molar-refractivity contribution in [2.45, 2.75) is 68.7 Å². The molecule has 2 amide bonds. The molecule has 0 aromatic rings. The zero-order chi connectivity index (χ0) is 17.2. The Morgan fingerprint density at radius 3 is 2.96 bits per heavy atom. The summed E-state index contributed by atoms with van der Waals surface area (Å²) in [5.41, 5.74) is 0. The number of hydrogen-bond acceptors (Lipinski definition) is 4. The van der Waals surface area contributed by atoms with E-state index in [0.29, 0.717) is 5.25 Å². The molecule has 0 aromatic carbocycles. The molecule has 6 nitrogen and oxygen atoms in total. The Hall–Kier alpha value is -1.55. The SMILES string of the molecule is C1#CNCCCCC1.O=C(O)CCCC[C@@H]1SC[C@@H]2NC(=O)N[C@@H]21. The second-order valence-corrected chi connectivity index (χ2v) is 7.57. The summed E-state index contributed by atoms with van der Waals surface area (Å²) in [5.74, 6) is 3.26. The highest BCUT2D eigenvalue weighted by Gasteiger charge is 2.42. The average Bonchev–Trinajstić information content (AvgIpc) is 3.03. The van der Waals surface area contributed by atoms with E-state index in [0.717, 1.165) is 38.0 Å². The van der Waals surface area contributed by atoms with Crippen LogP contribution in [0.5, 0.6) is 0 Å². The van der Waals surface area contributed by atoms with Crippen molar-refractivity contribution in [2.24, 2.45) is 0 Å². The Morgan fingerprint density at radius 2 is 2.12 bits per heavy atom. The first-order chi connectivity index (χ1) is 11.7. The van der Waals surface area contributed by atoms with E-state index in [-0.39, 0.29) is 24.5 Å². The second kappa shape index (κ2) is 10.3. The van der Waals surface area contributed by atoms with E-state index in [9.17, 15) is 9.59 Å². The molecule has 0 bridgehead atoms. The van der Waals surface area contributed by atoms with Crippen LogP contribution in [0.15, 0.2) is 0 Å². The molecule has 0 radical (unpaired) electrons. The number of amides is 2. The molecule has 0 spiro atoms. The molecular weight excluding hydrogens is 326 g/mol. The molecule has 2 saturated heterocycles. The van der Waals surface area contributed by atoms with Crippen molar-refractivity contribution in [3.63, 3.8) is 0 Å². The molecule has 4 N–H and O–H groups in total. The van der Waals surface area contributed by atoms with Crippen LogP contribution in [-0.4, -0.2) is 46.7 Å². The lowest BCUT2D eigenvalue weighted by atomic mass is 10.0. The fourth-order valence-electron chi connectivity index (χ4n) is 3.06. The smallest absolute Gasteiger partial charge is 0.315 e. The van der Waals surface area contributed by atoms with Crippen LogP contribution in [0, 0.1) is 12.0 Å². The van der Waals surface area contributed by atoms with Gasteiger partial charge in [-0.05, 0) is 25.7 Å². The van der Waals surface area contributed by atoms with E-state index in [2.05, 4.69) is 27.9 Å². The Morgan fingerprint density at radius 1 is 1.25 bits per heavy atom. The Balaban J connectivity index is 0.000000219. The van der Waals surface area contributed by atoms with Crippen molar-refractivity contribution in [3.05, 3.63) is 0 Å². The minimum absolute atomic E-state index is 0.0640. The zero-order valence-electron chi connectivity index (χ0n) is 14.0. The summed E-state index contributed by atoms with van der Waals surface area (Å²) in [7, 11) is 0. The fourth-order valence-corrected chi connectivity index (χ4v) is 4.60. The first kappa shape index (κ1) is 18.8. The van der Waals surface area contributed by atoms with E-state index in [1.165, 1.54) is 19.3 Å². The van der Waals surface area contributed by atoms with E-state index >= 15 is 0 Å². The van der Waals surface area contributed by atoms with Crippen molar-refractivity contribution in [3.8, 4) is 12.0 Å². The lowest BCUT2D eigenvalue weighted by Crippen LogP contribution is -2.36. The monoisotopic (exact) mass is 353 g/mol. The third-order valence-electron chi connectivity index (χ3n) is 4.35. The van der Waals surface area contributed by atoms with Crippen LogP contribution in [0.1, 0.15) is 51.4 Å². The number of carbonyl (C=O) groups excluding carboxylic acids is 1. The van der Waals surface area contributed by atoms with Gasteiger partial charge in [0.2, 0.25) is 0 Å². The van der Waals surface area contributed by atoms with Gasteiger partial charge < -0.3 is 21.1 Å². The highest BCUT2D eigenvalue weighted by atomic mass is 32.2. The highest BCUT2D eigenvalue weighted by Crippen LogP contribution is 2.33. The summed E-state index contributed by atoms with van der Waals surface area (Å²) in [5, 5.41) is 17.8. The summed E-state index contributed by atoms with van der Waals surface area (Å²) in [4.78, 5) is 21.5. The van der Waals surface area contributed by atoms with Gasteiger partial charge in [-0.3, -0.25) is 4.79 Å². The van der Waals surface area contributed by atoms with Gasteiger partial charge in [-0.2, -0.15) is 11.8 Å².